The molecule has 0 unspecified atom stereocenters. The second-order valence-electron chi connectivity index (χ2n) is 4.81. The molecule has 0 aliphatic rings. The van der Waals surface area contributed by atoms with Crippen LogP contribution in [0.25, 0.3) is 0 Å². The minimum Gasteiger partial charge on any atom is -0.496 e. The van der Waals surface area contributed by atoms with Crippen LogP contribution in [0.3, 0.4) is 0 Å². The molecule has 7 heteroatoms. The maximum Gasteiger partial charge on any atom is 0.198 e. The van der Waals surface area contributed by atoms with Gasteiger partial charge in [0.1, 0.15) is 12.1 Å². The highest BCUT2D eigenvalue weighted by atomic mass is 35.5. The van der Waals surface area contributed by atoms with Crippen LogP contribution in [0.1, 0.15) is 12.5 Å². The number of nitrogens with zero attached hydrogens (tertiary/aromatic N) is 4. The molecule has 0 atom stereocenters. The predicted molar refractivity (Wildman–Crippen MR) is 86.2 cm³/mol. The Morgan fingerprint density at radius 1 is 1.43 bits per heavy atom. The summed E-state index contributed by atoms with van der Waals surface area (Å²) in [5.41, 5.74) is 1.04. The Morgan fingerprint density at radius 2 is 2.19 bits per heavy atom. The van der Waals surface area contributed by atoms with Crippen LogP contribution < -0.4 is 4.74 Å². The van der Waals surface area contributed by atoms with E-state index in [4.69, 9.17) is 28.6 Å². The van der Waals surface area contributed by atoms with Gasteiger partial charge in [-0.25, -0.2) is 4.68 Å². The van der Waals surface area contributed by atoms with Gasteiger partial charge in [0.2, 0.25) is 0 Å². The largest absolute Gasteiger partial charge is 0.496 e. The smallest absolute Gasteiger partial charge is 0.198 e. The molecule has 0 bridgehead atoms. The summed E-state index contributed by atoms with van der Waals surface area (Å²) in [6.07, 6.45) is 1.76. The molecule has 0 amide bonds. The van der Waals surface area contributed by atoms with Crippen molar-refractivity contribution in [3.63, 3.8) is 0 Å². The first kappa shape index (κ1) is 16.0. The van der Waals surface area contributed by atoms with Gasteiger partial charge in [0.15, 0.2) is 4.77 Å². The Morgan fingerprint density at radius 3 is 2.81 bits per heavy atom. The van der Waals surface area contributed by atoms with E-state index >= 15 is 0 Å². The third-order valence-corrected chi connectivity index (χ3v) is 3.88. The monoisotopic (exact) mass is 326 g/mol. The molecule has 2 aromatic rings. The molecular formula is C14H19ClN4OS. The zero-order valence-corrected chi connectivity index (χ0v) is 14.0. The van der Waals surface area contributed by atoms with E-state index < -0.39 is 0 Å². The number of ether oxygens (including phenoxy) is 1. The third kappa shape index (κ3) is 3.84. The van der Waals surface area contributed by atoms with Gasteiger partial charge in [0.25, 0.3) is 0 Å². The average Bonchev–Trinajstić information content (AvgIpc) is 2.79. The van der Waals surface area contributed by atoms with Crippen LogP contribution in [0.4, 0.5) is 0 Å². The maximum absolute atomic E-state index is 6.05. The Balaban J connectivity index is 2.11. The molecule has 0 N–H and O–H groups in total. The average molecular weight is 327 g/mol. The first-order valence-electron chi connectivity index (χ1n) is 6.68. The molecule has 0 radical (unpaired) electrons. The summed E-state index contributed by atoms with van der Waals surface area (Å²) in [7, 11) is 3.67. The van der Waals surface area contributed by atoms with Crippen LogP contribution in [0.5, 0.6) is 5.75 Å². The highest BCUT2D eigenvalue weighted by Crippen LogP contribution is 2.23. The van der Waals surface area contributed by atoms with Crippen LogP contribution >= 0.6 is 23.8 Å². The van der Waals surface area contributed by atoms with Gasteiger partial charge in [0, 0.05) is 23.7 Å². The van der Waals surface area contributed by atoms with Crippen molar-refractivity contribution in [2.24, 2.45) is 0 Å². The van der Waals surface area contributed by atoms with Gasteiger partial charge in [-0.15, -0.1) is 0 Å². The lowest BCUT2D eigenvalue weighted by Gasteiger charge is -2.18. The topological polar surface area (TPSA) is 35.2 Å². The SMILES string of the molecule is CCn1cnn(CN(C)Cc2cc(Cl)ccc2OC)c1=S. The third-order valence-electron chi connectivity index (χ3n) is 3.20. The first-order chi connectivity index (χ1) is 10.0. The second kappa shape index (κ2) is 7.06. The number of aryl methyl sites for hydroxylation is 1. The summed E-state index contributed by atoms with van der Waals surface area (Å²) in [4.78, 5) is 2.11. The summed E-state index contributed by atoms with van der Waals surface area (Å²) in [6, 6.07) is 5.62. The van der Waals surface area contributed by atoms with E-state index in [1.165, 1.54) is 0 Å². The van der Waals surface area contributed by atoms with Gasteiger partial charge < -0.3 is 9.30 Å². The maximum atomic E-state index is 6.05. The van der Waals surface area contributed by atoms with Crippen molar-refractivity contribution >= 4 is 23.8 Å². The lowest BCUT2D eigenvalue weighted by Crippen LogP contribution is -2.23. The molecule has 2 rings (SSSR count). The number of hydrogen-bond acceptors (Lipinski definition) is 4. The van der Waals surface area contributed by atoms with Crippen molar-refractivity contribution in [1.29, 1.82) is 0 Å². The highest BCUT2D eigenvalue weighted by Gasteiger charge is 2.09. The lowest BCUT2D eigenvalue weighted by molar-refractivity contribution is 0.240. The molecule has 0 saturated heterocycles. The number of hydrogen-bond donors (Lipinski definition) is 0. The summed E-state index contributed by atoms with van der Waals surface area (Å²) in [6.45, 7) is 4.18. The summed E-state index contributed by atoms with van der Waals surface area (Å²) in [5, 5.41) is 5.00. The van der Waals surface area contributed by atoms with Gasteiger partial charge in [-0.1, -0.05) is 11.6 Å². The standard InChI is InChI=1S/C14H19ClN4OS/c1-4-18-9-16-19(14(18)21)10-17(2)8-11-7-12(15)5-6-13(11)20-3/h5-7,9H,4,8,10H2,1-3H3. The molecule has 0 aliphatic carbocycles. The summed E-state index contributed by atoms with van der Waals surface area (Å²) >= 11 is 11.4. The predicted octanol–water partition coefficient (Wildman–Crippen LogP) is 3.19. The second-order valence-corrected chi connectivity index (χ2v) is 5.61. The summed E-state index contributed by atoms with van der Waals surface area (Å²) < 4.78 is 9.82. The van der Waals surface area contributed by atoms with E-state index in [0.29, 0.717) is 18.2 Å². The van der Waals surface area contributed by atoms with Crippen molar-refractivity contribution in [3.05, 3.63) is 39.9 Å². The molecule has 114 valence electrons. The Hall–Kier alpha value is -1.37. The molecule has 0 aliphatic heterocycles. The number of aromatic nitrogens is 3. The molecule has 21 heavy (non-hydrogen) atoms. The van der Waals surface area contributed by atoms with E-state index in [0.717, 1.165) is 22.6 Å². The molecule has 1 heterocycles. The van der Waals surface area contributed by atoms with Gasteiger partial charge >= 0.3 is 0 Å². The quantitative estimate of drug-likeness (QED) is 0.764. The van der Waals surface area contributed by atoms with E-state index in [9.17, 15) is 0 Å². The van der Waals surface area contributed by atoms with Crippen molar-refractivity contribution in [2.75, 3.05) is 14.2 Å². The van der Waals surface area contributed by atoms with Gasteiger partial charge in [-0.2, -0.15) is 5.10 Å². The minimum absolute atomic E-state index is 0.613. The van der Waals surface area contributed by atoms with Crippen molar-refractivity contribution in [3.8, 4) is 5.75 Å². The fourth-order valence-electron chi connectivity index (χ4n) is 2.13. The van der Waals surface area contributed by atoms with Crippen molar-refractivity contribution in [1.82, 2.24) is 19.2 Å². The van der Waals surface area contributed by atoms with E-state index in [1.807, 2.05) is 36.7 Å². The molecule has 1 aromatic carbocycles. The molecule has 0 spiro atoms. The van der Waals surface area contributed by atoms with Crippen LogP contribution in [0.2, 0.25) is 5.02 Å². The van der Waals surface area contributed by atoms with Gasteiger partial charge in [-0.3, -0.25) is 4.90 Å². The zero-order valence-electron chi connectivity index (χ0n) is 12.4. The van der Waals surface area contributed by atoms with E-state index in [1.54, 1.807) is 18.1 Å². The normalized spacial score (nSPS) is 11.1. The number of halogens is 1. The van der Waals surface area contributed by atoms with Gasteiger partial charge in [-0.05, 0) is 44.4 Å². The molecule has 1 aromatic heterocycles. The molecule has 0 saturated carbocycles. The number of methoxy groups -OCH3 is 1. The fraction of sp³-hybridized carbons (Fsp3) is 0.429. The number of benzene rings is 1. The summed E-state index contributed by atoms with van der Waals surface area (Å²) in [5.74, 6) is 0.828. The Bertz CT molecular complexity index is 667. The van der Waals surface area contributed by atoms with Gasteiger partial charge in [0.05, 0.1) is 13.8 Å². The Kier molecular flexibility index (Phi) is 5.39. The molecule has 0 fully saturated rings. The van der Waals surface area contributed by atoms with Crippen molar-refractivity contribution < 1.29 is 4.74 Å². The Labute approximate surface area is 134 Å². The van der Waals surface area contributed by atoms with Crippen LogP contribution in [-0.2, 0) is 19.8 Å². The van der Waals surface area contributed by atoms with Crippen LogP contribution in [-0.4, -0.2) is 33.4 Å². The minimum atomic E-state index is 0.613. The molecule has 5 nitrogen and oxygen atoms in total. The van der Waals surface area contributed by atoms with Crippen LogP contribution in [0.15, 0.2) is 24.5 Å². The van der Waals surface area contributed by atoms with Crippen molar-refractivity contribution in [2.45, 2.75) is 26.7 Å². The zero-order chi connectivity index (χ0) is 15.4. The lowest BCUT2D eigenvalue weighted by atomic mass is 10.2. The number of rotatable bonds is 6. The highest BCUT2D eigenvalue weighted by molar-refractivity contribution is 7.71. The molecular weight excluding hydrogens is 308 g/mol. The first-order valence-corrected chi connectivity index (χ1v) is 7.47. The van der Waals surface area contributed by atoms with E-state index in [2.05, 4.69) is 10.00 Å². The fourth-order valence-corrected chi connectivity index (χ4v) is 2.60. The van der Waals surface area contributed by atoms with E-state index in [-0.39, 0.29) is 0 Å². The van der Waals surface area contributed by atoms with Crippen LogP contribution in [0, 0.1) is 4.77 Å².